The molecule has 5 nitrogen and oxygen atoms in total. The van der Waals surface area contributed by atoms with Gasteiger partial charge in [-0.1, -0.05) is 6.07 Å². The Bertz CT molecular complexity index is 1240. The van der Waals surface area contributed by atoms with Crippen LogP contribution < -0.4 is 10.1 Å². The lowest BCUT2D eigenvalue weighted by atomic mass is 10.0. The highest BCUT2D eigenvalue weighted by molar-refractivity contribution is 6.08. The first-order chi connectivity index (χ1) is 14.0. The van der Waals surface area contributed by atoms with Gasteiger partial charge in [-0.3, -0.25) is 9.89 Å². The van der Waals surface area contributed by atoms with Gasteiger partial charge in [0.05, 0.1) is 18.2 Å². The number of hydrogen-bond acceptors (Lipinski definition) is 3. The van der Waals surface area contributed by atoms with E-state index in [2.05, 4.69) is 15.5 Å². The second-order valence-electron chi connectivity index (χ2n) is 6.26. The van der Waals surface area contributed by atoms with Gasteiger partial charge in [-0.15, -0.1) is 0 Å². The number of methoxy groups -OCH3 is 1. The summed E-state index contributed by atoms with van der Waals surface area (Å²) in [7, 11) is 1.49. The van der Waals surface area contributed by atoms with Crippen molar-refractivity contribution in [2.45, 2.75) is 0 Å². The summed E-state index contributed by atoms with van der Waals surface area (Å²) >= 11 is 0. The molecule has 0 aliphatic rings. The van der Waals surface area contributed by atoms with E-state index in [4.69, 9.17) is 4.74 Å². The fourth-order valence-electron chi connectivity index (χ4n) is 3.04. The molecule has 0 saturated heterocycles. The van der Waals surface area contributed by atoms with E-state index >= 15 is 0 Å². The Morgan fingerprint density at radius 3 is 2.52 bits per heavy atom. The van der Waals surface area contributed by atoms with E-state index in [0.29, 0.717) is 33.8 Å². The van der Waals surface area contributed by atoms with E-state index in [1.807, 2.05) is 0 Å². The molecule has 4 rings (SSSR count). The van der Waals surface area contributed by atoms with Gasteiger partial charge in [-0.05, 0) is 48.0 Å². The zero-order chi connectivity index (χ0) is 20.5. The lowest BCUT2D eigenvalue weighted by Crippen LogP contribution is -2.14. The number of carbonyl (C=O) groups is 1. The van der Waals surface area contributed by atoms with Crippen LogP contribution in [0.25, 0.3) is 22.0 Å². The number of H-pyrrole nitrogens is 1. The van der Waals surface area contributed by atoms with Gasteiger partial charge in [0.1, 0.15) is 23.2 Å². The van der Waals surface area contributed by atoms with Gasteiger partial charge < -0.3 is 10.1 Å². The average Bonchev–Trinajstić information content (AvgIpc) is 3.09. The van der Waals surface area contributed by atoms with Gasteiger partial charge in [0.15, 0.2) is 5.82 Å². The first-order valence-electron chi connectivity index (χ1n) is 8.54. The Morgan fingerprint density at radius 1 is 1.00 bits per heavy atom. The largest absolute Gasteiger partial charge is 0.496 e. The van der Waals surface area contributed by atoms with E-state index in [1.165, 1.54) is 25.3 Å². The number of ether oxygens (including phenoxy) is 1. The van der Waals surface area contributed by atoms with Crippen molar-refractivity contribution >= 4 is 22.6 Å². The number of benzene rings is 3. The lowest BCUT2D eigenvalue weighted by Gasteiger charge is -2.09. The van der Waals surface area contributed by atoms with Gasteiger partial charge in [0, 0.05) is 17.0 Å². The fraction of sp³-hybridized carbons (Fsp3) is 0.0476. The van der Waals surface area contributed by atoms with Crippen LogP contribution in [0.15, 0.2) is 54.6 Å². The van der Waals surface area contributed by atoms with Gasteiger partial charge in [0.25, 0.3) is 5.91 Å². The number of anilines is 1. The topological polar surface area (TPSA) is 67.0 Å². The van der Waals surface area contributed by atoms with Crippen LogP contribution in [0.5, 0.6) is 5.75 Å². The predicted molar refractivity (Wildman–Crippen MR) is 102 cm³/mol. The first kappa shape index (κ1) is 18.5. The van der Waals surface area contributed by atoms with Crippen LogP contribution in [0.1, 0.15) is 10.4 Å². The number of amides is 1. The number of aromatic nitrogens is 2. The minimum Gasteiger partial charge on any atom is -0.496 e. The van der Waals surface area contributed by atoms with Gasteiger partial charge in [-0.2, -0.15) is 5.10 Å². The molecule has 0 saturated carbocycles. The quantitative estimate of drug-likeness (QED) is 0.514. The Kier molecular flexibility index (Phi) is 4.67. The van der Waals surface area contributed by atoms with Crippen molar-refractivity contribution in [1.29, 1.82) is 0 Å². The molecule has 1 amide bonds. The minimum atomic E-state index is -0.970. The van der Waals surface area contributed by atoms with Crippen LogP contribution in [-0.2, 0) is 0 Å². The molecule has 0 fully saturated rings. The van der Waals surface area contributed by atoms with Crippen molar-refractivity contribution < 1.29 is 22.7 Å². The van der Waals surface area contributed by atoms with E-state index in [-0.39, 0.29) is 11.4 Å². The smallest absolute Gasteiger partial charge is 0.259 e. The van der Waals surface area contributed by atoms with Crippen LogP contribution in [0.2, 0.25) is 0 Å². The number of hydrogen-bond donors (Lipinski definition) is 2. The molecule has 0 unspecified atom stereocenters. The molecule has 0 aliphatic carbocycles. The molecular weight excluding hydrogens is 383 g/mol. The number of carbonyl (C=O) groups excluding carboxylic acids is 1. The molecule has 0 radical (unpaired) electrons. The second-order valence-corrected chi connectivity index (χ2v) is 6.26. The van der Waals surface area contributed by atoms with Gasteiger partial charge >= 0.3 is 0 Å². The maximum Gasteiger partial charge on any atom is 0.259 e. The highest BCUT2D eigenvalue weighted by Gasteiger charge is 2.16. The van der Waals surface area contributed by atoms with Crippen molar-refractivity contribution in [3.05, 3.63) is 77.6 Å². The zero-order valence-electron chi connectivity index (χ0n) is 15.1. The molecule has 8 heteroatoms. The maximum absolute atomic E-state index is 13.8. The molecule has 29 heavy (non-hydrogen) atoms. The van der Waals surface area contributed by atoms with E-state index in [9.17, 15) is 18.0 Å². The van der Waals surface area contributed by atoms with E-state index in [1.54, 1.807) is 18.2 Å². The standard InChI is InChI=1S/C21H14F3N3O2/c1-29-19-7-4-12(22)9-16(19)11-2-5-15-18(8-11)26-27-20(15)25-21(28)14-6-3-13(23)10-17(14)24/h2-10H,1H3,(H2,25,26,27,28). The summed E-state index contributed by atoms with van der Waals surface area (Å²) in [6, 6.07) is 12.0. The Balaban J connectivity index is 1.67. The Morgan fingerprint density at radius 2 is 1.76 bits per heavy atom. The molecule has 3 aromatic carbocycles. The molecule has 4 aromatic rings. The van der Waals surface area contributed by atoms with E-state index in [0.717, 1.165) is 12.1 Å². The highest BCUT2D eigenvalue weighted by Crippen LogP contribution is 2.33. The van der Waals surface area contributed by atoms with Crippen LogP contribution in [0, 0.1) is 17.5 Å². The predicted octanol–water partition coefficient (Wildman–Crippen LogP) is 4.91. The molecule has 0 atom stereocenters. The number of halogens is 3. The number of nitrogens with zero attached hydrogens (tertiary/aromatic N) is 1. The van der Waals surface area contributed by atoms with Crippen molar-refractivity contribution in [2.24, 2.45) is 0 Å². The summed E-state index contributed by atoms with van der Waals surface area (Å²) < 4.78 is 45.8. The summed E-state index contributed by atoms with van der Waals surface area (Å²) in [5, 5.41) is 9.90. The molecule has 1 heterocycles. The monoisotopic (exact) mass is 397 g/mol. The molecule has 0 spiro atoms. The molecular formula is C21H14F3N3O2. The summed E-state index contributed by atoms with van der Waals surface area (Å²) in [6.07, 6.45) is 0. The molecule has 1 aromatic heterocycles. The molecule has 146 valence electrons. The highest BCUT2D eigenvalue weighted by atomic mass is 19.1. The molecule has 0 bridgehead atoms. The summed E-state index contributed by atoms with van der Waals surface area (Å²) in [6.45, 7) is 0. The maximum atomic E-state index is 13.8. The average molecular weight is 397 g/mol. The second kappa shape index (κ2) is 7.31. The van der Waals surface area contributed by atoms with Gasteiger partial charge in [0.2, 0.25) is 0 Å². The zero-order valence-corrected chi connectivity index (χ0v) is 15.1. The third-order valence-corrected chi connectivity index (χ3v) is 4.44. The minimum absolute atomic E-state index is 0.187. The number of fused-ring (bicyclic) bond motifs is 1. The SMILES string of the molecule is COc1ccc(F)cc1-c1ccc2c(NC(=O)c3ccc(F)cc3F)n[nH]c2c1. The number of aromatic amines is 1. The fourth-order valence-corrected chi connectivity index (χ4v) is 3.04. The van der Waals surface area contributed by atoms with E-state index < -0.39 is 23.4 Å². The third-order valence-electron chi connectivity index (χ3n) is 4.44. The van der Waals surface area contributed by atoms with Gasteiger partial charge in [-0.25, -0.2) is 13.2 Å². The van der Waals surface area contributed by atoms with Crippen LogP contribution in [-0.4, -0.2) is 23.2 Å². The van der Waals surface area contributed by atoms with Crippen molar-refractivity contribution in [2.75, 3.05) is 12.4 Å². The van der Waals surface area contributed by atoms with Crippen molar-refractivity contribution in [3.8, 4) is 16.9 Å². The van der Waals surface area contributed by atoms with Crippen LogP contribution in [0.4, 0.5) is 19.0 Å². The Hall–Kier alpha value is -3.81. The normalized spacial score (nSPS) is 10.9. The molecule has 0 aliphatic heterocycles. The lowest BCUT2D eigenvalue weighted by molar-refractivity contribution is 0.102. The summed E-state index contributed by atoms with van der Waals surface area (Å²) in [5.74, 6) is -2.21. The Labute approximate surface area is 163 Å². The van der Waals surface area contributed by atoms with Crippen LogP contribution >= 0.6 is 0 Å². The number of nitrogens with one attached hydrogen (secondary N) is 2. The summed E-state index contributed by atoms with van der Waals surface area (Å²) in [5.41, 5.74) is 1.51. The van der Waals surface area contributed by atoms with Crippen molar-refractivity contribution in [3.63, 3.8) is 0 Å². The first-order valence-corrected chi connectivity index (χ1v) is 8.54. The summed E-state index contributed by atoms with van der Waals surface area (Å²) in [4.78, 5) is 12.3. The number of rotatable bonds is 4. The van der Waals surface area contributed by atoms with Crippen molar-refractivity contribution in [1.82, 2.24) is 10.2 Å². The van der Waals surface area contributed by atoms with Crippen LogP contribution in [0.3, 0.4) is 0 Å². The molecule has 2 N–H and O–H groups in total. The third kappa shape index (κ3) is 3.52.